The maximum Gasteiger partial charge on any atom is 0.234 e. The van der Waals surface area contributed by atoms with Crippen molar-refractivity contribution >= 4 is 17.4 Å². The number of amides is 1. The molecule has 0 aliphatic carbocycles. The van der Waals surface area contributed by atoms with Crippen LogP contribution in [0.1, 0.15) is 12.0 Å². The van der Waals surface area contributed by atoms with Gasteiger partial charge in [-0.05, 0) is 43.3 Å². The lowest BCUT2D eigenvalue weighted by atomic mass is 10.2. The highest BCUT2D eigenvalue weighted by molar-refractivity contribution is 6.15. The van der Waals surface area contributed by atoms with Crippen molar-refractivity contribution in [1.29, 1.82) is 0 Å². The summed E-state index contributed by atoms with van der Waals surface area (Å²) in [4.78, 5) is 24.5. The summed E-state index contributed by atoms with van der Waals surface area (Å²) in [5, 5.41) is 0. The summed E-state index contributed by atoms with van der Waals surface area (Å²) in [6, 6.07) is 15.0. The van der Waals surface area contributed by atoms with E-state index >= 15 is 0 Å². The molecule has 0 aromatic heterocycles. The fraction of sp³-hybridized carbons (Fsp3) is 0.176. The van der Waals surface area contributed by atoms with Crippen LogP contribution < -0.4 is 9.64 Å². The lowest BCUT2D eigenvalue weighted by molar-refractivity contribution is -0.121. The van der Waals surface area contributed by atoms with Gasteiger partial charge in [0.15, 0.2) is 5.78 Å². The van der Waals surface area contributed by atoms with E-state index in [4.69, 9.17) is 4.74 Å². The summed E-state index contributed by atoms with van der Waals surface area (Å²) in [7, 11) is 0. The van der Waals surface area contributed by atoms with E-state index in [2.05, 4.69) is 0 Å². The van der Waals surface area contributed by atoms with Crippen LogP contribution in [-0.4, -0.2) is 18.2 Å². The van der Waals surface area contributed by atoms with Crippen molar-refractivity contribution < 1.29 is 14.3 Å². The Balaban J connectivity index is 1.73. The van der Waals surface area contributed by atoms with Gasteiger partial charge in [-0.25, -0.2) is 0 Å². The summed E-state index contributed by atoms with van der Waals surface area (Å²) >= 11 is 0. The second-order valence-electron chi connectivity index (χ2n) is 5.10. The normalized spacial score (nSPS) is 14.6. The SMILES string of the molecule is Cc1ccc(Oc2ccc(N3CC(=O)CC3=O)cc2)cc1. The Morgan fingerprint density at radius 2 is 1.48 bits per heavy atom. The summed E-state index contributed by atoms with van der Waals surface area (Å²) < 4.78 is 5.73. The van der Waals surface area contributed by atoms with E-state index in [1.807, 2.05) is 31.2 Å². The zero-order chi connectivity index (χ0) is 14.8. The van der Waals surface area contributed by atoms with Crippen LogP contribution in [0.15, 0.2) is 48.5 Å². The first-order valence-electron chi connectivity index (χ1n) is 6.78. The molecule has 4 heteroatoms. The Kier molecular flexibility index (Phi) is 3.44. The van der Waals surface area contributed by atoms with E-state index < -0.39 is 0 Å². The average Bonchev–Trinajstić information content (AvgIpc) is 2.81. The van der Waals surface area contributed by atoms with E-state index in [1.165, 1.54) is 10.5 Å². The Hall–Kier alpha value is -2.62. The summed E-state index contributed by atoms with van der Waals surface area (Å²) in [6.45, 7) is 2.18. The third-order valence-corrected chi connectivity index (χ3v) is 3.39. The van der Waals surface area contributed by atoms with Crippen LogP contribution in [-0.2, 0) is 9.59 Å². The van der Waals surface area contributed by atoms with Crippen molar-refractivity contribution in [3.8, 4) is 11.5 Å². The Morgan fingerprint density at radius 3 is 2.00 bits per heavy atom. The fourth-order valence-electron chi connectivity index (χ4n) is 2.26. The van der Waals surface area contributed by atoms with Gasteiger partial charge >= 0.3 is 0 Å². The van der Waals surface area contributed by atoms with Gasteiger partial charge in [-0.2, -0.15) is 0 Å². The van der Waals surface area contributed by atoms with Crippen molar-refractivity contribution in [2.24, 2.45) is 0 Å². The van der Waals surface area contributed by atoms with Crippen molar-refractivity contribution in [3.05, 3.63) is 54.1 Å². The fourth-order valence-corrected chi connectivity index (χ4v) is 2.26. The standard InChI is InChI=1S/C17H15NO3/c1-12-2-6-15(7-3-12)21-16-8-4-13(5-9-16)18-11-14(19)10-17(18)20/h2-9H,10-11H2,1H3. The van der Waals surface area contributed by atoms with E-state index in [0.29, 0.717) is 5.75 Å². The minimum absolute atomic E-state index is 0.00161. The highest BCUT2D eigenvalue weighted by Crippen LogP contribution is 2.26. The van der Waals surface area contributed by atoms with Crippen molar-refractivity contribution in [3.63, 3.8) is 0 Å². The number of rotatable bonds is 3. The minimum Gasteiger partial charge on any atom is -0.457 e. The number of hydrogen-bond donors (Lipinski definition) is 0. The van der Waals surface area contributed by atoms with E-state index in [1.54, 1.807) is 24.3 Å². The van der Waals surface area contributed by atoms with Crippen LogP contribution in [0.25, 0.3) is 0 Å². The molecule has 2 aromatic carbocycles. The lowest BCUT2D eigenvalue weighted by Crippen LogP contribution is -2.24. The highest BCUT2D eigenvalue weighted by atomic mass is 16.5. The number of carbonyl (C=O) groups excluding carboxylic acids is 2. The van der Waals surface area contributed by atoms with Crippen molar-refractivity contribution in [2.45, 2.75) is 13.3 Å². The molecular formula is C17H15NO3. The summed E-state index contributed by atoms with van der Waals surface area (Å²) in [6.07, 6.45) is 0.00161. The Labute approximate surface area is 123 Å². The molecular weight excluding hydrogens is 266 g/mol. The van der Waals surface area contributed by atoms with Crippen LogP contribution in [0.4, 0.5) is 5.69 Å². The number of Topliss-reactive ketones (excluding diaryl/α,β-unsaturated/α-hetero) is 1. The molecule has 1 aliphatic rings. The van der Waals surface area contributed by atoms with Crippen molar-refractivity contribution in [2.75, 3.05) is 11.4 Å². The van der Waals surface area contributed by atoms with Gasteiger partial charge in [0.25, 0.3) is 0 Å². The van der Waals surface area contributed by atoms with Gasteiger partial charge < -0.3 is 9.64 Å². The first-order chi connectivity index (χ1) is 10.1. The largest absolute Gasteiger partial charge is 0.457 e. The first kappa shape index (κ1) is 13.4. The Bertz CT molecular complexity index is 674. The second kappa shape index (κ2) is 5.40. The number of aryl methyl sites for hydroxylation is 1. The predicted molar refractivity (Wildman–Crippen MR) is 79.7 cm³/mol. The molecule has 1 aliphatic heterocycles. The molecule has 21 heavy (non-hydrogen) atoms. The summed E-state index contributed by atoms with van der Waals surface area (Å²) in [5.41, 5.74) is 1.90. The summed E-state index contributed by atoms with van der Waals surface area (Å²) in [5.74, 6) is 1.27. The molecule has 4 nitrogen and oxygen atoms in total. The third kappa shape index (κ3) is 2.94. The van der Waals surface area contributed by atoms with Gasteiger partial charge in [-0.3, -0.25) is 9.59 Å². The molecule has 2 aromatic rings. The van der Waals surface area contributed by atoms with Gasteiger partial charge in [0.05, 0.1) is 13.0 Å². The number of benzene rings is 2. The zero-order valence-electron chi connectivity index (χ0n) is 11.7. The highest BCUT2D eigenvalue weighted by Gasteiger charge is 2.28. The quantitative estimate of drug-likeness (QED) is 0.812. The van der Waals surface area contributed by atoms with Crippen LogP contribution in [0.3, 0.4) is 0 Å². The number of ether oxygens (including phenoxy) is 1. The maximum absolute atomic E-state index is 11.7. The topological polar surface area (TPSA) is 46.6 Å². The molecule has 0 spiro atoms. The molecule has 1 amide bonds. The first-order valence-corrected chi connectivity index (χ1v) is 6.78. The average molecular weight is 281 g/mol. The number of nitrogens with zero attached hydrogens (tertiary/aromatic N) is 1. The van der Waals surface area contributed by atoms with E-state index in [9.17, 15) is 9.59 Å². The van der Waals surface area contributed by atoms with E-state index in [0.717, 1.165) is 11.4 Å². The van der Waals surface area contributed by atoms with Gasteiger partial charge in [0, 0.05) is 5.69 Å². The second-order valence-corrected chi connectivity index (χ2v) is 5.10. The van der Waals surface area contributed by atoms with Gasteiger partial charge in [-0.1, -0.05) is 17.7 Å². The molecule has 1 saturated heterocycles. The predicted octanol–water partition coefficient (Wildman–Crippen LogP) is 3.09. The molecule has 0 unspecified atom stereocenters. The van der Waals surface area contributed by atoms with Crippen LogP contribution in [0, 0.1) is 6.92 Å². The third-order valence-electron chi connectivity index (χ3n) is 3.39. The van der Waals surface area contributed by atoms with Crippen molar-refractivity contribution in [1.82, 2.24) is 0 Å². The van der Waals surface area contributed by atoms with Gasteiger partial charge in [0.1, 0.15) is 11.5 Å². The number of anilines is 1. The Morgan fingerprint density at radius 1 is 0.905 bits per heavy atom. The smallest absolute Gasteiger partial charge is 0.234 e. The molecule has 106 valence electrons. The van der Waals surface area contributed by atoms with E-state index in [-0.39, 0.29) is 24.7 Å². The molecule has 0 radical (unpaired) electrons. The molecule has 3 rings (SSSR count). The lowest BCUT2D eigenvalue weighted by Gasteiger charge is -2.15. The van der Waals surface area contributed by atoms with Crippen LogP contribution in [0.5, 0.6) is 11.5 Å². The van der Waals surface area contributed by atoms with Crippen LogP contribution in [0.2, 0.25) is 0 Å². The maximum atomic E-state index is 11.7. The van der Waals surface area contributed by atoms with Gasteiger partial charge in [0.2, 0.25) is 5.91 Å². The van der Waals surface area contributed by atoms with Gasteiger partial charge in [-0.15, -0.1) is 0 Å². The molecule has 0 N–H and O–H groups in total. The number of hydrogen-bond acceptors (Lipinski definition) is 3. The molecule has 0 saturated carbocycles. The molecule has 0 bridgehead atoms. The molecule has 1 fully saturated rings. The number of ketones is 1. The number of carbonyl (C=O) groups is 2. The molecule has 0 atom stereocenters. The minimum atomic E-state index is -0.146. The zero-order valence-corrected chi connectivity index (χ0v) is 11.7. The molecule has 1 heterocycles. The monoisotopic (exact) mass is 281 g/mol. The van der Waals surface area contributed by atoms with Crippen LogP contribution >= 0.6 is 0 Å².